The van der Waals surface area contributed by atoms with Crippen LogP contribution in [0.15, 0.2) is 0 Å². The Morgan fingerprint density at radius 1 is 1.29 bits per heavy atom. The Kier molecular flexibility index (Phi) is 5.42. The largest absolute Gasteiger partial charge is 0.378 e. The molecule has 0 aromatic carbocycles. The summed E-state index contributed by atoms with van der Waals surface area (Å²) in [6.07, 6.45) is 3.94. The molecule has 1 saturated heterocycles. The van der Waals surface area contributed by atoms with E-state index in [1.165, 1.54) is 25.8 Å². The SMILES string of the molecule is CC1(C)COCCN1CCCCCBr. The Balaban J connectivity index is 2.20. The van der Waals surface area contributed by atoms with Crippen LogP contribution in [0.4, 0.5) is 0 Å². The van der Waals surface area contributed by atoms with Gasteiger partial charge in [-0.3, -0.25) is 4.90 Å². The number of hydrogen-bond donors (Lipinski definition) is 0. The standard InChI is InChI=1S/C11H22BrNO/c1-11(2)10-14-9-8-13(11)7-5-3-4-6-12/h3-10H2,1-2H3. The summed E-state index contributed by atoms with van der Waals surface area (Å²) in [6, 6.07) is 0. The van der Waals surface area contributed by atoms with Crippen LogP contribution in [0.2, 0.25) is 0 Å². The van der Waals surface area contributed by atoms with E-state index in [2.05, 4.69) is 34.7 Å². The minimum absolute atomic E-state index is 0.243. The second kappa shape index (κ2) is 6.09. The fourth-order valence-electron chi connectivity index (χ4n) is 1.88. The monoisotopic (exact) mass is 263 g/mol. The van der Waals surface area contributed by atoms with Gasteiger partial charge >= 0.3 is 0 Å². The molecule has 1 rings (SSSR count). The second-order valence-corrected chi connectivity index (χ2v) is 5.39. The molecular formula is C11H22BrNO. The number of hydrogen-bond acceptors (Lipinski definition) is 2. The lowest BCUT2D eigenvalue weighted by atomic mass is 10.0. The second-order valence-electron chi connectivity index (χ2n) is 4.60. The van der Waals surface area contributed by atoms with Crippen molar-refractivity contribution >= 4 is 15.9 Å². The summed E-state index contributed by atoms with van der Waals surface area (Å²) < 4.78 is 5.49. The first-order valence-electron chi connectivity index (χ1n) is 5.55. The maximum absolute atomic E-state index is 5.49. The quantitative estimate of drug-likeness (QED) is 0.559. The molecular weight excluding hydrogens is 242 g/mol. The Morgan fingerprint density at radius 2 is 2.07 bits per heavy atom. The van der Waals surface area contributed by atoms with E-state index in [4.69, 9.17) is 4.74 Å². The Morgan fingerprint density at radius 3 is 2.71 bits per heavy atom. The average molecular weight is 264 g/mol. The average Bonchev–Trinajstić information content (AvgIpc) is 2.14. The highest BCUT2D eigenvalue weighted by Gasteiger charge is 2.29. The van der Waals surface area contributed by atoms with Gasteiger partial charge in [-0.2, -0.15) is 0 Å². The van der Waals surface area contributed by atoms with E-state index in [0.717, 1.165) is 25.1 Å². The van der Waals surface area contributed by atoms with Gasteiger partial charge in [0, 0.05) is 17.4 Å². The molecule has 1 fully saturated rings. The van der Waals surface area contributed by atoms with Crippen molar-refractivity contribution in [3.63, 3.8) is 0 Å². The number of rotatable bonds is 5. The Bertz CT molecular complexity index is 161. The first kappa shape index (κ1) is 12.5. The maximum atomic E-state index is 5.49. The van der Waals surface area contributed by atoms with Gasteiger partial charge in [0.25, 0.3) is 0 Å². The van der Waals surface area contributed by atoms with Crippen LogP contribution in [0, 0.1) is 0 Å². The first-order chi connectivity index (χ1) is 6.67. The predicted octanol–water partition coefficient (Wildman–Crippen LogP) is 2.66. The van der Waals surface area contributed by atoms with E-state index in [-0.39, 0.29) is 5.54 Å². The van der Waals surface area contributed by atoms with Crippen LogP contribution in [0.1, 0.15) is 33.1 Å². The fourth-order valence-corrected chi connectivity index (χ4v) is 2.28. The maximum Gasteiger partial charge on any atom is 0.0645 e. The van der Waals surface area contributed by atoms with Crippen molar-refractivity contribution < 1.29 is 4.74 Å². The van der Waals surface area contributed by atoms with Crippen LogP contribution < -0.4 is 0 Å². The van der Waals surface area contributed by atoms with Crippen LogP contribution in [-0.4, -0.2) is 42.1 Å². The summed E-state index contributed by atoms with van der Waals surface area (Å²) in [7, 11) is 0. The number of alkyl halides is 1. The van der Waals surface area contributed by atoms with Crippen molar-refractivity contribution in [3.05, 3.63) is 0 Å². The molecule has 0 amide bonds. The highest BCUT2D eigenvalue weighted by atomic mass is 79.9. The van der Waals surface area contributed by atoms with E-state index in [9.17, 15) is 0 Å². The van der Waals surface area contributed by atoms with Gasteiger partial charge in [-0.25, -0.2) is 0 Å². The molecule has 0 aliphatic carbocycles. The van der Waals surface area contributed by atoms with Crippen LogP contribution in [0.25, 0.3) is 0 Å². The van der Waals surface area contributed by atoms with Gasteiger partial charge in [0.15, 0.2) is 0 Å². The number of nitrogens with zero attached hydrogens (tertiary/aromatic N) is 1. The Hall–Kier alpha value is 0.400. The minimum Gasteiger partial charge on any atom is -0.378 e. The van der Waals surface area contributed by atoms with Crippen molar-refractivity contribution in [2.45, 2.75) is 38.6 Å². The van der Waals surface area contributed by atoms with Crippen molar-refractivity contribution in [2.75, 3.05) is 31.6 Å². The van der Waals surface area contributed by atoms with Crippen molar-refractivity contribution in [1.82, 2.24) is 4.90 Å². The van der Waals surface area contributed by atoms with Crippen molar-refractivity contribution in [3.8, 4) is 0 Å². The third kappa shape index (κ3) is 3.87. The topological polar surface area (TPSA) is 12.5 Å². The molecule has 0 unspecified atom stereocenters. The summed E-state index contributed by atoms with van der Waals surface area (Å²) >= 11 is 3.46. The molecule has 1 heterocycles. The molecule has 2 nitrogen and oxygen atoms in total. The van der Waals surface area contributed by atoms with E-state index in [0.29, 0.717) is 0 Å². The molecule has 0 N–H and O–H groups in total. The molecule has 0 bridgehead atoms. The normalized spacial score (nSPS) is 22.5. The molecule has 0 saturated carbocycles. The Labute approximate surface area is 96.1 Å². The predicted molar refractivity (Wildman–Crippen MR) is 64.1 cm³/mol. The van der Waals surface area contributed by atoms with E-state index in [1.54, 1.807) is 0 Å². The third-order valence-corrected chi connectivity index (χ3v) is 3.44. The fraction of sp³-hybridized carbons (Fsp3) is 1.00. The van der Waals surface area contributed by atoms with Crippen molar-refractivity contribution in [2.24, 2.45) is 0 Å². The lowest BCUT2D eigenvalue weighted by Crippen LogP contribution is -2.53. The summed E-state index contributed by atoms with van der Waals surface area (Å²) in [5.41, 5.74) is 0.243. The molecule has 0 spiro atoms. The van der Waals surface area contributed by atoms with E-state index in [1.807, 2.05) is 0 Å². The molecule has 0 aromatic heterocycles. The van der Waals surface area contributed by atoms with Gasteiger partial charge in [-0.15, -0.1) is 0 Å². The molecule has 0 atom stereocenters. The molecule has 84 valence electrons. The number of ether oxygens (including phenoxy) is 1. The van der Waals surface area contributed by atoms with Gasteiger partial charge in [0.1, 0.15) is 0 Å². The van der Waals surface area contributed by atoms with Crippen molar-refractivity contribution in [1.29, 1.82) is 0 Å². The zero-order valence-corrected chi connectivity index (χ0v) is 11.0. The van der Waals surface area contributed by atoms with E-state index < -0.39 is 0 Å². The number of morpholine rings is 1. The minimum atomic E-state index is 0.243. The van der Waals surface area contributed by atoms with E-state index >= 15 is 0 Å². The zero-order valence-electron chi connectivity index (χ0n) is 9.39. The highest BCUT2D eigenvalue weighted by molar-refractivity contribution is 9.09. The van der Waals surface area contributed by atoms with Gasteiger partial charge in [0.2, 0.25) is 0 Å². The summed E-state index contributed by atoms with van der Waals surface area (Å²) in [4.78, 5) is 2.56. The van der Waals surface area contributed by atoms with Crippen LogP contribution in [0.3, 0.4) is 0 Å². The van der Waals surface area contributed by atoms with Crippen LogP contribution in [-0.2, 0) is 4.74 Å². The molecule has 0 radical (unpaired) electrons. The van der Waals surface area contributed by atoms with Gasteiger partial charge < -0.3 is 4.74 Å². The lowest BCUT2D eigenvalue weighted by Gasteiger charge is -2.42. The summed E-state index contributed by atoms with van der Waals surface area (Å²) in [6.45, 7) is 8.66. The highest BCUT2D eigenvalue weighted by Crippen LogP contribution is 2.19. The molecule has 1 aliphatic heterocycles. The molecule has 14 heavy (non-hydrogen) atoms. The lowest BCUT2D eigenvalue weighted by molar-refractivity contribution is -0.0513. The van der Waals surface area contributed by atoms with Gasteiger partial charge in [0.05, 0.1) is 13.2 Å². The van der Waals surface area contributed by atoms with Crippen LogP contribution >= 0.6 is 15.9 Å². The summed E-state index contributed by atoms with van der Waals surface area (Å²) in [5.74, 6) is 0. The molecule has 0 aromatic rings. The summed E-state index contributed by atoms with van der Waals surface area (Å²) in [5, 5.41) is 1.14. The number of halogens is 1. The van der Waals surface area contributed by atoms with Gasteiger partial charge in [-0.1, -0.05) is 22.4 Å². The third-order valence-electron chi connectivity index (χ3n) is 2.88. The van der Waals surface area contributed by atoms with Gasteiger partial charge in [-0.05, 0) is 33.2 Å². The smallest absolute Gasteiger partial charge is 0.0645 e. The molecule has 3 heteroatoms. The first-order valence-corrected chi connectivity index (χ1v) is 6.68. The molecule has 1 aliphatic rings. The zero-order chi connectivity index (χ0) is 10.4. The van der Waals surface area contributed by atoms with Crippen LogP contribution in [0.5, 0.6) is 0 Å². The number of unbranched alkanes of at least 4 members (excludes halogenated alkanes) is 2.